The van der Waals surface area contributed by atoms with Crippen LogP contribution in [0, 0.1) is 0 Å². The lowest BCUT2D eigenvalue weighted by molar-refractivity contribution is 1.18. The van der Waals surface area contributed by atoms with Crippen LogP contribution in [0.15, 0.2) is 222 Å². The van der Waals surface area contributed by atoms with Crippen molar-refractivity contribution in [3.63, 3.8) is 0 Å². The Bertz CT molecular complexity index is 3540. The molecule has 60 heavy (non-hydrogen) atoms. The molecular weight excluding hydrogens is 844 g/mol. The van der Waals surface area contributed by atoms with Crippen LogP contribution in [0.4, 0.5) is 0 Å². The average molecular weight is 879 g/mol. The highest BCUT2D eigenvalue weighted by molar-refractivity contribution is 14.2. The first-order valence-corrected chi connectivity index (χ1v) is 22.4. The first-order valence-electron chi connectivity index (χ1n) is 20.2. The Kier molecular flexibility index (Phi) is 8.27. The molecule has 3 heterocycles. The van der Waals surface area contributed by atoms with Crippen LogP contribution in [-0.2, 0) is 0 Å². The number of para-hydroxylation sites is 3. The lowest BCUT2D eigenvalue weighted by atomic mass is 10.0. The molecule has 1 aliphatic heterocycles. The minimum Gasteiger partial charge on any atom is -0.309 e. The van der Waals surface area contributed by atoms with Crippen molar-refractivity contribution >= 4 is 88.3 Å². The zero-order chi connectivity index (χ0) is 39.6. The number of nitrogens with zero attached hydrogens (tertiary/aromatic N) is 4. The molecule has 12 rings (SSSR count). The minimum absolute atomic E-state index is 0.547. The van der Waals surface area contributed by atoms with Crippen LogP contribution in [0.5, 0.6) is 0 Å². The second kappa shape index (κ2) is 14.3. The molecule has 11 aromatic rings. The van der Waals surface area contributed by atoms with Crippen molar-refractivity contribution in [3.05, 3.63) is 229 Å². The van der Waals surface area contributed by atoms with Gasteiger partial charge in [-0.2, -0.15) is 0 Å². The fraction of sp³-hybridized carbons (Fsp3) is 0. The molecule has 0 spiro atoms. The summed E-state index contributed by atoms with van der Waals surface area (Å²) < 4.78 is 7.06. The molecule has 1 aliphatic rings. The molecule has 0 saturated carbocycles. The number of aromatic nitrogens is 2. The lowest BCUT2D eigenvalue weighted by Crippen LogP contribution is -2.11. The number of benzene rings is 9. The summed E-state index contributed by atoms with van der Waals surface area (Å²) >= 11 is -0.547. The molecule has 9 aromatic carbocycles. The third-order valence-electron chi connectivity index (χ3n) is 11.6. The topological polar surface area (TPSA) is 34.6 Å². The van der Waals surface area contributed by atoms with Crippen molar-refractivity contribution in [1.82, 2.24) is 9.13 Å². The lowest BCUT2D eigenvalue weighted by Gasteiger charge is -2.14. The third kappa shape index (κ3) is 5.84. The van der Waals surface area contributed by atoms with Crippen LogP contribution >= 0.6 is 20.7 Å². The molecule has 5 heteroatoms. The van der Waals surface area contributed by atoms with Crippen LogP contribution in [0.3, 0.4) is 0 Å². The zero-order valence-corrected chi connectivity index (χ0v) is 34.5. The highest BCUT2D eigenvalue weighted by Crippen LogP contribution is 2.39. The van der Waals surface area contributed by atoms with Crippen molar-refractivity contribution in [1.29, 1.82) is 0 Å². The van der Waals surface area contributed by atoms with Gasteiger partial charge in [-0.05, 0) is 109 Å². The van der Waals surface area contributed by atoms with E-state index in [1.165, 1.54) is 76.9 Å². The molecule has 0 N–H and O–H groups in total. The van der Waals surface area contributed by atoms with E-state index in [1.807, 2.05) is 0 Å². The first kappa shape index (κ1) is 34.8. The summed E-state index contributed by atoms with van der Waals surface area (Å²) in [6.45, 7) is 0. The number of hydrogen-bond acceptors (Lipinski definition) is 2. The van der Waals surface area contributed by atoms with Gasteiger partial charge in [-0.3, -0.25) is 0 Å². The van der Waals surface area contributed by atoms with Crippen molar-refractivity contribution in [2.75, 3.05) is 0 Å². The summed E-state index contributed by atoms with van der Waals surface area (Å²) in [6, 6.07) is 76.6. The fourth-order valence-electron chi connectivity index (χ4n) is 8.81. The van der Waals surface area contributed by atoms with Crippen LogP contribution in [0.25, 0.3) is 76.9 Å². The number of amidine groups is 1. The van der Waals surface area contributed by atoms with Crippen LogP contribution in [-0.4, -0.2) is 22.3 Å². The third-order valence-corrected chi connectivity index (χ3v) is 14.4. The van der Waals surface area contributed by atoms with E-state index in [0.717, 1.165) is 29.8 Å². The van der Waals surface area contributed by atoms with Gasteiger partial charge < -0.3 is 9.13 Å². The van der Waals surface area contributed by atoms with Gasteiger partial charge in [0.1, 0.15) is 7.35 Å². The Hall–Kier alpha value is -7.22. The van der Waals surface area contributed by atoms with Gasteiger partial charge in [0, 0.05) is 49.6 Å². The van der Waals surface area contributed by atoms with E-state index < -0.39 is 20.7 Å². The minimum atomic E-state index is -0.547. The molecule has 0 bridgehead atoms. The Morgan fingerprint density at radius 2 is 0.817 bits per heavy atom. The highest BCUT2D eigenvalue weighted by atomic mass is 127. The SMILES string of the molecule is c1ccc(C2=NC(c3ccc4cc(-n5c6ccccc6c6cc(-c7ccc8c(c7)c7ccccc7n8-c7ccccc7)ccc65)ccc4c3)=NC(c3ccccc3)=I2)cc1. The van der Waals surface area contributed by atoms with Gasteiger partial charge in [-0.25, -0.2) is 9.98 Å². The zero-order valence-electron chi connectivity index (χ0n) is 32.4. The maximum Gasteiger partial charge on any atom is 0.161 e. The molecule has 0 radical (unpaired) electrons. The second-order valence-electron chi connectivity index (χ2n) is 15.2. The largest absolute Gasteiger partial charge is 0.309 e. The average Bonchev–Trinajstić information content (AvgIpc) is 3.84. The predicted molar refractivity (Wildman–Crippen MR) is 262 cm³/mol. The Balaban J connectivity index is 0.940. The van der Waals surface area contributed by atoms with Crippen molar-refractivity contribution in [2.24, 2.45) is 9.98 Å². The van der Waals surface area contributed by atoms with Gasteiger partial charge >= 0.3 is 0 Å². The maximum absolute atomic E-state index is 5.19. The Labute approximate surface area is 356 Å². The number of rotatable bonds is 6. The van der Waals surface area contributed by atoms with E-state index in [1.54, 1.807) is 0 Å². The van der Waals surface area contributed by atoms with E-state index in [4.69, 9.17) is 9.98 Å². The summed E-state index contributed by atoms with van der Waals surface area (Å²) in [7, 11) is 0. The summed E-state index contributed by atoms with van der Waals surface area (Å²) in [4.78, 5) is 10.4. The van der Waals surface area contributed by atoms with Gasteiger partial charge in [0.2, 0.25) is 0 Å². The molecule has 282 valence electrons. The fourth-order valence-corrected chi connectivity index (χ4v) is 11.3. The van der Waals surface area contributed by atoms with E-state index in [-0.39, 0.29) is 0 Å². The molecule has 0 atom stereocenters. The van der Waals surface area contributed by atoms with Crippen LogP contribution in [0.1, 0.15) is 16.7 Å². The molecule has 0 aliphatic carbocycles. The van der Waals surface area contributed by atoms with Crippen molar-refractivity contribution in [2.45, 2.75) is 0 Å². The molecule has 0 fully saturated rings. The normalized spacial score (nSPS) is 13.1. The van der Waals surface area contributed by atoms with E-state index >= 15 is 0 Å². The van der Waals surface area contributed by atoms with E-state index in [2.05, 4.69) is 221 Å². The predicted octanol–water partition coefficient (Wildman–Crippen LogP) is 14.1. The highest BCUT2D eigenvalue weighted by Gasteiger charge is 2.18. The maximum atomic E-state index is 5.19. The number of aliphatic imine (C=N–C) groups is 2. The molecular formula is C55H35IN4. The van der Waals surface area contributed by atoms with Crippen LogP contribution < -0.4 is 0 Å². The van der Waals surface area contributed by atoms with Gasteiger partial charge in [0.15, 0.2) is 5.84 Å². The van der Waals surface area contributed by atoms with Crippen molar-refractivity contribution < 1.29 is 0 Å². The summed E-state index contributed by atoms with van der Waals surface area (Å²) in [5, 5.41) is 7.31. The monoisotopic (exact) mass is 878 g/mol. The van der Waals surface area contributed by atoms with Gasteiger partial charge in [-0.1, -0.05) is 146 Å². The second-order valence-corrected chi connectivity index (χ2v) is 17.8. The van der Waals surface area contributed by atoms with E-state index in [9.17, 15) is 0 Å². The number of hydrogen-bond donors (Lipinski definition) is 0. The molecule has 4 nitrogen and oxygen atoms in total. The van der Waals surface area contributed by atoms with E-state index in [0.29, 0.717) is 0 Å². The Morgan fingerprint density at radius 3 is 1.47 bits per heavy atom. The van der Waals surface area contributed by atoms with Gasteiger partial charge in [-0.15, -0.1) is 0 Å². The van der Waals surface area contributed by atoms with Gasteiger partial charge in [0.05, 0.1) is 22.1 Å². The smallest absolute Gasteiger partial charge is 0.161 e. The summed E-state index contributed by atoms with van der Waals surface area (Å²) in [5.41, 5.74) is 12.9. The first-order chi connectivity index (χ1) is 29.7. The Morgan fingerprint density at radius 1 is 0.317 bits per heavy atom. The summed E-state index contributed by atoms with van der Waals surface area (Å²) in [6.07, 6.45) is 0. The molecule has 0 saturated heterocycles. The van der Waals surface area contributed by atoms with Gasteiger partial charge in [0.25, 0.3) is 0 Å². The quantitative estimate of drug-likeness (QED) is 0.149. The molecule has 0 unspecified atom stereocenters. The van der Waals surface area contributed by atoms with Crippen molar-refractivity contribution in [3.8, 4) is 22.5 Å². The summed E-state index contributed by atoms with van der Waals surface area (Å²) in [5.74, 6) is 0.768. The number of halogens is 1. The molecule has 2 aromatic heterocycles. The van der Waals surface area contributed by atoms with Crippen LogP contribution in [0.2, 0.25) is 0 Å². The number of fused-ring (bicyclic) bond motifs is 7. The standard InChI is InChI=1S/C55H35IN4/c1-4-14-36(15-5-1)53-56-54(37-16-6-2-7-17-37)58-55(57-53)42-25-24-39-33-44(29-26-38(39)32-42)60-50-23-13-11-21-46(50)48-35-41(28-31-52(48)60)40-27-30-51-47(34-40)45-20-10-12-22-49(45)59(51)43-18-8-3-9-19-43/h1-35H. The molecule has 0 amide bonds.